The second-order valence-electron chi connectivity index (χ2n) is 5.13. The van der Waals surface area contributed by atoms with Gasteiger partial charge in [0.15, 0.2) is 6.61 Å². The summed E-state index contributed by atoms with van der Waals surface area (Å²) in [4.78, 5) is 13.7. The van der Waals surface area contributed by atoms with E-state index in [9.17, 15) is 4.79 Å². The highest BCUT2D eigenvalue weighted by atomic mass is 16.5. The number of carbonyl (C=O) groups excluding carboxylic acids is 1. The normalized spacial score (nSPS) is 9.86. The van der Waals surface area contributed by atoms with Crippen LogP contribution in [0, 0.1) is 18.3 Å². The molecule has 4 heteroatoms. The highest BCUT2D eigenvalue weighted by Crippen LogP contribution is 2.16. The molecule has 22 heavy (non-hydrogen) atoms. The molecular formula is C18H18N2O2. The third-order valence-corrected chi connectivity index (χ3v) is 3.32. The van der Waals surface area contributed by atoms with Crippen molar-refractivity contribution < 1.29 is 9.53 Å². The van der Waals surface area contributed by atoms with Gasteiger partial charge in [0.05, 0.1) is 5.56 Å². The maximum atomic E-state index is 12.1. The molecule has 0 fully saturated rings. The summed E-state index contributed by atoms with van der Waals surface area (Å²) in [6.07, 6.45) is 0. The van der Waals surface area contributed by atoms with Crippen molar-refractivity contribution in [2.45, 2.75) is 13.5 Å². The van der Waals surface area contributed by atoms with E-state index in [1.165, 1.54) is 5.56 Å². The van der Waals surface area contributed by atoms with Crippen molar-refractivity contribution in [2.75, 3.05) is 13.7 Å². The lowest BCUT2D eigenvalue weighted by Crippen LogP contribution is -2.31. The first-order chi connectivity index (χ1) is 10.6. The number of rotatable bonds is 5. The molecule has 4 nitrogen and oxygen atoms in total. The van der Waals surface area contributed by atoms with Crippen LogP contribution >= 0.6 is 0 Å². The Morgan fingerprint density at radius 3 is 2.55 bits per heavy atom. The fourth-order valence-electron chi connectivity index (χ4n) is 1.99. The van der Waals surface area contributed by atoms with Crippen LogP contribution in [0.1, 0.15) is 16.7 Å². The Balaban J connectivity index is 1.91. The van der Waals surface area contributed by atoms with Crippen molar-refractivity contribution in [3.63, 3.8) is 0 Å². The van der Waals surface area contributed by atoms with Gasteiger partial charge in [0.25, 0.3) is 5.91 Å². The van der Waals surface area contributed by atoms with E-state index in [1.54, 1.807) is 36.2 Å². The van der Waals surface area contributed by atoms with E-state index in [-0.39, 0.29) is 12.5 Å². The van der Waals surface area contributed by atoms with Crippen molar-refractivity contribution >= 4 is 5.91 Å². The van der Waals surface area contributed by atoms with Crippen LogP contribution in [0.2, 0.25) is 0 Å². The van der Waals surface area contributed by atoms with E-state index in [0.717, 1.165) is 5.56 Å². The van der Waals surface area contributed by atoms with Gasteiger partial charge in [-0.3, -0.25) is 4.79 Å². The molecular weight excluding hydrogens is 276 g/mol. The summed E-state index contributed by atoms with van der Waals surface area (Å²) >= 11 is 0. The summed E-state index contributed by atoms with van der Waals surface area (Å²) in [7, 11) is 1.74. The lowest BCUT2D eigenvalue weighted by atomic mass is 10.1. The zero-order valence-electron chi connectivity index (χ0n) is 12.7. The van der Waals surface area contributed by atoms with Gasteiger partial charge in [-0.15, -0.1) is 0 Å². The Kier molecular flexibility index (Phi) is 5.16. The quantitative estimate of drug-likeness (QED) is 0.852. The summed E-state index contributed by atoms with van der Waals surface area (Å²) in [6.45, 7) is 2.47. The number of likely N-dealkylation sites (N-methyl/N-ethyl adjacent to an activating group) is 1. The van der Waals surface area contributed by atoms with Crippen LogP contribution in [0.4, 0.5) is 0 Å². The molecule has 0 radical (unpaired) electrons. The van der Waals surface area contributed by atoms with Gasteiger partial charge < -0.3 is 9.64 Å². The monoisotopic (exact) mass is 294 g/mol. The molecule has 2 rings (SSSR count). The molecule has 0 spiro atoms. The highest BCUT2D eigenvalue weighted by molar-refractivity contribution is 5.77. The van der Waals surface area contributed by atoms with Crippen molar-refractivity contribution in [3.8, 4) is 11.8 Å². The van der Waals surface area contributed by atoms with Gasteiger partial charge in [0.2, 0.25) is 0 Å². The van der Waals surface area contributed by atoms with E-state index in [4.69, 9.17) is 10.00 Å². The number of aryl methyl sites for hydroxylation is 1. The minimum absolute atomic E-state index is 0.0823. The minimum Gasteiger partial charge on any atom is -0.482 e. The van der Waals surface area contributed by atoms with E-state index in [1.807, 2.05) is 37.3 Å². The average Bonchev–Trinajstić information content (AvgIpc) is 2.54. The van der Waals surface area contributed by atoms with E-state index in [0.29, 0.717) is 17.9 Å². The van der Waals surface area contributed by atoms with E-state index < -0.39 is 0 Å². The molecule has 0 bridgehead atoms. The number of para-hydroxylation sites is 1. The number of amides is 1. The maximum absolute atomic E-state index is 12.1. The summed E-state index contributed by atoms with van der Waals surface area (Å²) in [5.74, 6) is 0.301. The van der Waals surface area contributed by atoms with Crippen LogP contribution in [0.3, 0.4) is 0 Å². The van der Waals surface area contributed by atoms with Gasteiger partial charge in [-0.1, -0.05) is 42.0 Å². The van der Waals surface area contributed by atoms with E-state index in [2.05, 4.69) is 0 Å². The third-order valence-electron chi connectivity index (χ3n) is 3.32. The highest BCUT2D eigenvalue weighted by Gasteiger charge is 2.11. The smallest absolute Gasteiger partial charge is 0.260 e. The fourth-order valence-corrected chi connectivity index (χ4v) is 1.99. The zero-order chi connectivity index (χ0) is 15.9. The van der Waals surface area contributed by atoms with Gasteiger partial charge in [0, 0.05) is 13.6 Å². The number of nitriles is 1. The molecule has 0 unspecified atom stereocenters. The molecule has 2 aromatic rings. The second kappa shape index (κ2) is 7.28. The van der Waals surface area contributed by atoms with Crippen LogP contribution in [0.25, 0.3) is 0 Å². The Bertz CT molecular complexity index is 687. The lowest BCUT2D eigenvalue weighted by Gasteiger charge is -2.18. The van der Waals surface area contributed by atoms with Crippen LogP contribution in [-0.4, -0.2) is 24.5 Å². The van der Waals surface area contributed by atoms with Gasteiger partial charge >= 0.3 is 0 Å². The first-order valence-corrected chi connectivity index (χ1v) is 7.01. The maximum Gasteiger partial charge on any atom is 0.260 e. The van der Waals surface area contributed by atoms with Gasteiger partial charge in [-0.05, 0) is 24.6 Å². The standard InChI is InChI=1S/C18H18N2O2/c1-14-7-9-15(10-8-14)12-20(2)18(21)13-22-17-6-4-3-5-16(17)11-19/h3-10H,12-13H2,1-2H3. The van der Waals surface area contributed by atoms with Crippen molar-refractivity contribution in [1.82, 2.24) is 4.90 Å². The first-order valence-electron chi connectivity index (χ1n) is 7.01. The molecule has 0 atom stereocenters. The minimum atomic E-state index is -0.131. The fraction of sp³-hybridized carbons (Fsp3) is 0.222. The number of hydrogen-bond donors (Lipinski definition) is 0. The summed E-state index contributed by atoms with van der Waals surface area (Å²) in [6, 6.07) is 17.0. The van der Waals surface area contributed by atoms with Crippen LogP contribution in [0.5, 0.6) is 5.75 Å². The molecule has 1 amide bonds. The lowest BCUT2D eigenvalue weighted by molar-refractivity contribution is -0.132. The molecule has 2 aromatic carbocycles. The number of carbonyl (C=O) groups is 1. The molecule has 112 valence electrons. The summed E-state index contributed by atoms with van der Waals surface area (Å²) < 4.78 is 5.45. The molecule has 0 saturated carbocycles. The summed E-state index contributed by atoms with van der Waals surface area (Å²) in [5.41, 5.74) is 2.68. The molecule has 0 heterocycles. The predicted octanol–water partition coefficient (Wildman–Crippen LogP) is 2.90. The predicted molar refractivity (Wildman–Crippen MR) is 84.3 cm³/mol. The summed E-state index contributed by atoms with van der Waals surface area (Å²) in [5, 5.41) is 8.98. The molecule has 0 aromatic heterocycles. The molecule has 0 saturated heterocycles. The van der Waals surface area contributed by atoms with Crippen LogP contribution in [0.15, 0.2) is 48.5 Å². The van der Waals surface area contributed by atoms with Crippen LogP contribution < -0.4 is 4.74 Å². The zero-order valence-corrected chi connectivity index (χ0v) is 12.7. The largest absolute Gasteiger partial charge is 0.482 e. The topological polar surface area (TPSA) is 53.3 Å². The van der Waals surface area contributed by atoms with Gasteiger partial charge in [-0.25, -0.2) is 0 Å². The number of benzene rings is 2. The first kappa shape index (κ1) is 15.6. The SMILES string of the molecule is Cc1ccc(CN(C)C(=O)COc2ccccc2C#N)cc1. The molecule has 0 aliphatic rings. The Labute approximate surface area is 130 Å². The molecule has 0 aliphatic heterocycles. The van der Waals surface area contributed by atoms with Gasteiger partial charge in [-0.2, -0.15) is 5.26 Å². The van der Waals surface area contributed by atoms with Gasteiger partial charge in [0.1, 0.15) is 11.8 Å². The number of ether oxygens (including phenoxy) is 1. The Morgan fingerprint density at radius 2 is 1.86 bits per heavy atom. The van der Waals surface area contributed by atoms with Crippen molar-refractivity contribution in [3.05, 3.63) is 65.2 Å². The second-order valence-corrected chi connectivity index (χ2v) is 5.13. The van der Waals surface area contributed by atoms with Crippen molar-refractivity contribution in [1.29, 1.82) is 5.26 Å². The molecule has 0 aliphatic carbocycles. The Morgan fingerprint density at radius 1 is 1.18 bits per heavy atom. The van der Waals surface area contributed by atoms with Crippen molar-refractivity contribution in [2.24, 2.45) is 0 Å². The molecule has 0 N–H and O–H groups in total. The number of hydrogen-bond acceptors (Lipinski definition) is 3. The Hall–Kier alpha value is -2.80. The van der Waals surface area contributed by atoms with Crippen LogP contribution in [-0.2, 0) is 11.3 Å². The van der Waals surface area contributed by atoms with E-state index >= 15 is 0 Å². The third kappa shape index (κ3) is 4.10. The average molecular weight is 294 g/mol. The number of nitrogens with zero attached hydrogens (tertiary/aromatic N) is 2.